The molecular formula is C21H21N3O5. The number of nitrogens with one attached hydrogen (secondary N) is 2. The van der Waals surface area contributed by atoms with E-state index in [-0.39, 0.29) is 23.4 Å². The monoisotopic (exact) mass is 395 g/mol. The number of amides is 1. The molecule has 150 valence electrons. The van der Waals surface area contributed by atoms with E-state index < -0.39 is 11.9 Å². The molecule has 0 radical (unpaired) electrons. The normalized spacial score (nSPS) is 10.5. The number of carbonyl (C=O) groups excluding carboxylic acids is 2. The van der Waals surface area contributed by atoms with Gasteiger partial charge >= 0.3 is 5.97 Å². The number of hydrogen-bond donors (Lipinski definition) is 2. The van der Waals surface area contributed by atoms with Crippen molar-refractivity contribution in [1.29, 1.82) is 5.26 Å². The van der Waals surface area contributed by atoms with Crippen molar-refractivity contribution in [3.63, 3.8) is 0 Å². The molecule has 29 heavy (non-hydrogen) atoms. The van der Waals surface area contributed by atoms with Crippen LogP contribution in [0.25, 0.3) is 0 Å². The fourth-order valence-corrected chi connectivity index (χ4v) is 2.39. The molecule has 0 aliphatic heterocycles. The first-order chi connectivity index (χ1) is 14.0. The third kappa shape index (κ3) is 5.49. The molecule has 0 spiro atoms. The van der Waals surface area contributed by atoms with Gasteiger partial charge in [0.2, 0.25) is 0 Å². The van der Waals surface area contributed by atoms with E-state index in [0.717, 1.165) is 0 Å². The smallest absolute Gasteiger partial charge is 0.340 e. The van der Waals surface area contributed by atoms with Crippen molar-refractivity contribution in [2.24, 2.45) is 0 Å². The van der Waals surface area contributed by atoms with E-state index in [1.165, 1.54) is 26.5 Å². The van der Waals surface area contributed by atoms with E-state index in [4.69, 9.17) is 14.2 Å². The van der Waals surface area contributed by atoms with Crippen LogP contribution in [0.15, 0.2) is 54.2 Å². The average molecular weight is 395 g/mol. The molecule has 0 aliphatic rings. The summed E-state index contributed by atoms with van der Waals surface area (Å²) in [5.41, 5.74) is 0.756. The average Bonchev–Trinajstić information content (AvgIpc) is 2.74. The lowest BCUT2D eigenvalue weighted by molar-refractivity contribution is -0.112. The van der Waals surface area contributed by atoms with Gasteiger partial charge in [-0.25, -0.2) is 4.79 Å². The molecule has 2 rings (SSSR count). The quantitative estimate of drug-likeness (QED) is 0.401. The molecule has 0 aliphatic carbocycles. The molecule has 0 atom stereocenters. The molecule has 1 amide bonds. The number of methoxy groups -OCH3 is 2. The third-order valence-corrected chi connectivity index (χ3v) is 3.81. The van der Waals surface area contributed by atoms with E-state index in [1.807, 2.05) is 6.07 Å². The number of rotatable bonds is 8. The Kier molecular flexibility index (Phi) is 7.62. The number of hydrogen-bond acceptors (Lipinski definition) is 7. The second-order valence-corrected chi connectivity index (χ2v) is 5.60. The number of carbonyl (C=O) groups is 2. The van der Waals surface area contributed by atoms with Crippen molar-refractivity contribution in [3.8, 4) is 17.6 Å². The van der Waals surface area contributed by atoms with Gasteiger partial charge in [-0.1, -0.05) is 12.1 Å². The van der Waals surface area contributed by atoms with Crippen LogP contribution in [0.4, 0.5) is 11.4 Å². The van der Waals surface area contributed by atoms with Crippen molar-refractivity contribution in [2.45, 2.75) is 6.92 Å². The lowest BCUT2D eigenvalue weighted by atomic mass is 10.1. The van der Waals surface area contributed by atoms with Gasteiger partial charge in [-0.2, -0.15) is 5.26 Å². The van der Waals surface area contributed by atoms with Gasteiger partial charge in [-0.05, 0) is 31.2 Å². The lowest BCUT2D eigenvalue weighted by Crippen LogP contribution is -2.17. The van der Waals surface area contributed by atoms with Crippen molar-refractivity contribution >= 4 is 23.3 Å². The van der Waals surface area contributed by atoms with E-state index in [1.54, 1.807) is 43.3 Å². The minimum absolute atomic E-state index is 0.197. The summed E-state index contributed by atoms with van der Waals surface area (Å²) in [6, 6.07) is 13.3. The van der Waals surface area contributed by atoms with Crippen molar-refractivity contribution in [2.75, 3.05) is 31.5 Å². The molecular weight excluding hydrogens is 374 g/mol. The van der Waals surface area contributed by atoms with Gasteiger partial charge < -0.3 is 24.8 Å². The highest BCUT2D eigenvalue weighted by atomic mass is 16.5. The van der Waals surface area contributed by atoms with Crippen molar-refractivity contribution < 1.29 is 23.8 Å². The summed E-state index contributed by atoms with van der Waals surface area (Å²) < 4.78 is 15.4. The van der Waals surface area contributed by atoms with Crippen LogP contribution in [0.3, 0.4) is 0 Å². The zero-order chi connectivity index (χ0) is 21.2. The zero-order valence-electron chi connectivity index (χ0n) is 16.3. The van der Waals surface area contributed by atoms with Gasteiger partial charge in [-0.15, -0.1) is 0 Å². The predicted octanol–water partition coefficient (Wildman–Crippen LogP) is 3.34. The first-order valence-corrected chi connectivity index (χ1v) is 8.70. The van der Waals surface area contributed by atoms with Crippen LogP contribution in [-0.4, -0.2) is 32.7 Å². The second kappa shape index (κ2) is 10.4. The second-order valence-electron chi connectivity index (χ2n) is 5.60. The van der Waals surface area contributed by atoms with E-state index in [2.05, 4.69) is 10.6 Å². The molecule has 0 saturated carbocycles. The van der Waals surface area contributed by atoms with E-state index in [0.29, 0.717) is 17.2 Å². The number of nitriles is 1. The molecule has 8 heteroatoms. The molecule has 2 aromatic carbocycles. The topological polar surface area (TPSA) is 110 Å². The van der Waals surface area contributed by atoms with Gasteiger partial charge in [0.05, 0.1) is 37.8 Å². The maximum absolute atomic E-state index is 12.5. The molecule has 0 fully saturated rings. The summed E-state index contributed by atoms with van der Waals surface area (Å²) in [7, 11) is 3.03. The molecule has 0 saturated heterocycles. The Morgan fingerprint density at radius 2 is 1.86 bits per heavy atom. The largest absolute Gasteiger partial charge is 0.497 e. The Morgan fingerprint density at radius 1 is 1.10 bits per heavy atom. The Balaban J connectivity index is 2.22. The Hall–Kier alpha value is -3.99. The van der Waals surface area contributed by atoms with Crippen LogP contribution in [0.2, 0.25) is 0 Å². The standard InChI is InChI=1S/C21H21N3O5/c1-4-29-21(26)16-7-5-6-8-17(16)24-20(25)14(12-22)13-23-18-11-15(27-2)9-10-19(18)28-3/h5-11,13,23H,4H2,1-3H3,(H,24,25)/b14-13-. The minimum Gasteiger partial charge on any atom is -0.497 e. The minimum atomic E-state index is -0.682. The van der Waals surface area contributed by atoms with Crippen LogP contribution >= 0.6 is 0 Å². The molecule has 8 nitrogen and oxygen atoms in total. The molecule has 0 bridgehead atoms. The SMILES string of the molecule is CCOC(=O)c1ccccc1NC(=O)/C(C#N)=C\Nc1cc(OC)ccc1OC. The van der Waals surface area contributed by atoms with Crippen LogP contribution in [0, 0.1) is 11.3 Å². The maximum Gasteiger partial charge on any atom is 0.340 e. The number of nitrogens with zero attached hydrogens (tertiary/aromatic N) is 1. The van der Waals surface area contributed by atoms with E-state index in [9.17, 15) is 14.9 Å². The summed E-state index contributed by atoms with van der Waals surface area (Å²) in [5, 5.41) is 14.8. The lowest BCUT2D eigenvalue weighted by Gasteiger charge is -2.11. The number of esters is 1. The third-order valence-electron chi connectivity index (χ3n) is 3.81. The number of para-hydroxylation sites is 1. The summed E-state index contributed by atoms with van der Waals surface area (Å²) in [6.45, 7) is 1.89. The van der Waals surface area contributed by atoms with Crippen LogP contribution in [0.1, 0.15) is 17.3 Å². The van der Waals surface area contributed by atoms with Gasteiger partial charge in [0, 0.05) is 12.3 Å². The van der Waals surface area contributed by atoms with Crippen LogP contribution in [-0.2, 0) is 9.53 Å². The summed E-state index contributed by atoms with van der Waals surface area (Å²) in [5.74, 6) is -0.163. The fraction of sp³-hybridized carbons (Fsp3) is 0.190. The van der Waals surface area contributed by atoms with Crippen molar-refractivity contribution in [3.05, 3.63) is 59.8 Å². The Morgan fingerprint density at radius 3 is 2.52 bits per heavy atom. The zero-order valence-corrected chi connectivity index (χ0v) is 16.3. The van der Waals surface area contributed by atoms with Crippen LogP contribution < -0.4 is 20.1 Å². The van der Waals surface area contributed by atoms with Gasteiger partial charge in [0.15, 0.2) is 0 Å². The number of anilines is 2. The molecule has 2 aromatic rings. The highest BCUT2D eigenvalue weighted by Crippen LogP contribution is 2.29. The van der Waals surface area contributed by atoms with Gasteiger partial charge in [0.1, 0.15) is 23.1 Å². The van der Waals surface area contributed by atoms with E-state index >= 15 is 0 Å². The first-order valence-electron chi connectivity index (χ1n) is 8.70. The number of benzene rings is 2. The summed E-state index contributed by atoms with van der Waals surface area (Å²) in [4.78, 5) is 24.6. The molecule has 2 N–H and O–H groups in total. The highest BCUT2D eigenvalue weighted by molar-refractivity contribution is 6.09. The van der Waals surface area contributed by atoms with Crippen LogP contribution in [0.5, 0.6) is 11.5 Å². The number of ether oxygens (including phenoxy) is 3. The molecule has 0 aromatic heterocycles. The summed E-state index contributed by atoms with van der Waals surface area (Å²) in [6.07, 6.45) is 1.25. The van der Waals surface area contributed by atoms with Crippen molar-refractivity contribution in [1.82, 2.24) is 0 Å². The Labute approximate surface area is 168 Å². The summed E-state index contributed by atoms with van der Waals surface area (Å²) >= 11 is 0. The fourth-order valence-electron chi connectivity index (χ4n) is 2.39. The van der Waals surface area contributed by atoms with Gasteiger partial charge in [-0.3, -0.25) is 4.79 Å². The maximum atomic E-state index is 12.5. The molecule has 0 heterocycles. The Bertz CT molecular complexity index is 963. The highest BCUT2D eigenvalue weighted by Gasteiger charge is 2.16. The van der Waals surface area contributed by atoms with Gasteiger partial charge in [0.25, 0.3) is 5.91 Å². The first kappa shape index (κ1) is 21.3. The predicted molar refractivity (Wildman–Crippen MR) is 108 cm³/mol. The molecule has 0 unspecified atom stereocenters.